The number of piperazine rings is 1. The lowest BCUT2D eigenvalue weighted by Gasteiger charge is -2.54. The minimum Gasteiger partial charge on any atom is -0.314 e. The zero-order valence-electron chi connectivity index (χ0n) is 13.7. The van der Waals surface area contributed by atoms with Crippen LogP contribution in [-0.4, -0.2) is 61.2 Å². The number of likely N-dealkylation sites (tertiary alicyclic amines) is 1. The second-order valence-electron chi connectivity index (χ2n) is 8.22. The Labute approximate surface area is 125 Å². The number of rotatable bonds is 2. The van der Waals surface area contributed by atoms with Gasteiger partial charge in [-0.2, -0.15) is 0 Å². The van der Waals surface area contributed by atoms with Crippen LogP contribution in [-0.2, 0) is 0 Å². The molecule has 2 heterocycles. The maximum Gasteiger partial charge on any atom is 0.0351 e. The SMILES string of the molecule is CC(C)(C)C1CCCCC1N1CC(N2CCNCC2)C1. The monoisotopic (exact) mass is 279 g/mol. The van der Waals surface area contributed by atoms with Gasteiger partial charge in [0.1, 0.15) is 0 Å². The van der Waals surface area contributed by atoms with Gasteiger partial charge >= 0.3 is 0 Å². The van der Waals surface area contributed by atoms with Crippen LogP contribution in [0, 0.1) is 11.3 Å². The van der Waals surface area contributed by atoms with Crippen molar-refractivity contribution in [1.82, 2.24) is 15.1 Å². The van der Waals surface area contributed by atoms with Crippen LogP contribution in [0.3, 0.4) is 0 Å². The lowest BCUT2D eigenvalue weighted by atomic mass is 9.68. The molecule has 2 atom stereocenters. The van der Waals surface area contributed by atoms with Gasteiger partial charge in [0.2, 0.25) is 0 Å². The van der Waals surface area contributed by atoms with Gasteiger partial charge in [-0.3, -0.25) is 9.80 Å². The van der Waals surface area contributed by atoms with Gasteiger partial charge in [-0.15, -0.1) is 0 Å². The van der Waals surface area contributed by atoms with Gasteiger partial charge < -0.3 is 5.32 Å². The van der Waals surface area contributed by atoms with Crippen molar-refractivity contribution in [1.29, 1.82) is 0 Å². The molecule has 3 aliphatic rings. The third-order valence-corrected chi connectivity index (χ3v) is 5.87. The van der Waals surface area contributed by atoms with Crippen molar-refractivity contribution in [3.63, 3.8) is 0 Å². The smallest absolute Gasteiger partial charge is 0.0351 e. The van der Waals surface area contributed by atoms with Gasteiger partial charge in [-0.25, -0.2) is 0 Å². The first-order chi connectivity index (χ1) is 9.55. The molecule has 1 aliphatic carbocycles. The van der Waals surface area contributed by atoms with Crippen molar-refractivity contribution >= 4 is 0 Å². The van der Waals surface area contributed by atoms with E-state index in [-0.39, 0.29) is 0 Å². The minimum absolute atomic E-state index is 0.477. The third-order valence-electron chi connectivity index (χ3n) is 5.87. The van der Waals surface area contributed by atoms with Crippen molar-refractivity contribution in [2.45, 2.75) is 58.5 Å². The molecule has 3 heteroatoms. The van der Waals surface area contributed by atoms with E-state index in [9.17, 15) is 0 Å². The van der Waals surface area contributed by atoms with Crippen molar-refractivity contribution in [2.24, 2.45) is 11.3 Å². The molecule has 0 aromatic carbocycles. The molecule has 3 rings (SSSR count). The summed E-state index contributed by atoms with van der Waals surface area (Å²) in [7, 11) is 0. The van der Waals surface area contributed by atoms with E-state index in [0.29, 0.717) is 5.41 Å². The first-order valence-corrected chi connectivity index (χ1v) is 8.74. The van der Waals surface area contributed by atoms with E-state index in [1.54, 1.807) is 0 Å². The average Bonchev–Trinajstić information content (AvgIpc) is 2.38. The standard InChI is InChI=1S/C17H33N3/c1-17(2,3)15-6-4-5-7-16(15)20-12-14(13-20)19-10-8-18-9-11-19/h14-16,18H,4-13H2,1-3H3. The van der Waals surface area contributed by atoms with E-state index in [0.717, 1.165) is 18.0 Å². The van der Waals surface area contributed by atoms with Gasteiger partial charge in [0.05, 0.1) is 0 Å². The lowest BCUT2D eigenvalue weighted by molar-refractivity contribution is -0.0486. The number of hydrogen-bond acceptors (Lipinski definition) is 3. The molecule has 0 spiro atoms. The second-order valence-corrected chi connectivity index (χ2v) is 8.22. The lowest BCUT2D eigenvalue weighted by Crippen LogP contribution is -2.66. The van der Waals surface area contributed by atoms with Crippen LogP contribution < -0.4 is 5.32 Å². The van der Waals surface area contributed by atoms with E-state index >= 15 is 0 Å². The molecule has 20 heavy (non-hydrogen) atoms. The molecule has 2 aliphatic heterocycles. The van der Waals surface area contributed by atoms with E-state index in [1.807, 2.05) is 0 Å². The highest BCUT2D eigenvalue weighted by Crippen LogP contribution is 2.41. The molecule has 116 valence electrons. The zero-order valence-corrected chi connectivity index (χ0v) is 13.7. The van der Waals surface area contributed by atoms with Crippen LogP contribution in [0.5, 0.6) is 0 Å². The van der Waals surface area contributed by atoms with E-state index in [1.165, 1.54) is 65.0 Å². The summed E-state index contributed by atoms with van der Waals surface area (Å²) >= 11 is 0. The summed E-state index contributed by atoms with van der Waals surface area (Å²) in [4.78, 5) is 5.52. The zero-order chi connectivity index (χ0) is 14.2. The quantitative estimate of drug-likeness (QED) is 0.836. The Hall–Kier alpha value is -0.120. The largest absolute Gasteiger partial charge is 0.314 e. The first-order valence-electron chi connectivity index (χ1n) is 8.74. The summed E-state index contributed by atoms with van der Waals surface area (Å²) in [5.74, 6) is 0.903. The Bertz CT molecular complexity index is 311. The van der Waals surface area contributed by atoms with Gasteiger partial charge in [-0.1, -0.05) is 33.6 Å². The fourth-order valence-electron chi connectivity index (χ4n) is 4.60. The van der Waals surface area contributed by atoms with Gasteiger partial charge in [0, 0.05) is 51.4 Å². The Morgan fingerprint density at radius 3 is 2.20 bits per heavy atom. The number of hydrogen-bond donors (Lipinski definition) is 1. The fraction of sp³-hybridized carbons (Fsp3) is 1.00. The van der Waals surface area contributed by atoms with Crippen LogP contribution in [0.1, 0.15) is 46.5 Å². The fourth-order valence-corrected chi connectivity index (χ4v) is 4.60. The molecule has 0 radical (unpaired) electrons. The van der Waals surface area contributed by atoms with Crippen LogP contribution in [0.4, 0.5) is 0 Å². The number of nitrogens with one attached hydrogen (secondary N) is 1. The van der Waals surface area contributed by atoms with Crippen LogP contribution >= 0.6 is 0 Å². The normalized spacial score (nSPS) is 35.0. The van der Waals surface area contributed by atoms with Crippen LogP contribution in [0.2, 0.25) is 0 Å². The predicted molar refractivity (Wildman–Crippen MR) is 85.0 cm³/mol. The summed E-state index contributed by atoms with van der Waals surface area (Å²) in [6, 6.07) is 1.71. The average molecular weight is 279 g/mol. The third kappa shape index (κ3) is 3.05. The summed E-state index contributed by atoms with van der Waals surface area (Å²) in [6.07, 6.45) is 5.79. The molecule has 0 aromatic rings. The van der Waals surface area contributed by atoms with Crippen molar-refractivity contribution in [2.75, 3.05) is 39.3 Å². The molecular weight excluding hydrogens is 246 g/mol. The van der Waals surface area contributed by atoms with Crippen LogP contribution in [0.15, 0.2) is 0 Å². The molecule has 2 saturated heterocycles. The molecule has 1 saturated carbocycles. The molecule has 3 fully saturated rings. The molecule has 0 amide bonds. The first kappa shape index (κ1) is 14.8. The molecule has 3 nitrogen and oxygen atoms in total. The Morgan fingerprint density at radius 1 is 0.900 bits per heavy atom. The minimum atomic E-state index is 0.477. The summed E-state index contributed by atoms with van der Waals surface area (Å²) in [5.41, 5.74) is 0.477. The molecule has 1 N–H and O–H groups in total. The summed E-state index contributed by atoms with van der Waals surface area (Å²) < 4.78 is 0. The molecule has 0 bridgehead atoms. The Kier molecular flexibility index (Phi) is 4.40. The summed E-state index contributed by atoms with van der Waals surface area (Å²) in [6.45, 7) is 14.9. The topological polar surface area (TPSA) is 18.5 Å². The van der Waals surface area contributed by atoms with Gasteiger partial charge in [0.25, 0.3) is 0 Å². The highest BCUT2D eigenvalue weighted by Gasteiger charge is 2.43. The summed E-state index contributed by atoms with van der Waals surface area (Å²) in [5, 5.41) is 3.46. The van der Waals surface area contributed by atoms with Crippen molar-refractivity contribution in [3.05, 3.63) is 0 Å². The van der Waals surface area contributed by atoms with Gasteiger partial charge in [0.15, 0.2) is 0 Å². The van der Waals surface area contributed by atoms with Crippen molar-refractivity contribution in [3.8, 4) is 0 Å². The van der Waals surface area contributed by atoms with Crippen molar-refractivity contribution < 1.29 is 0 Å². The number of nitrogens with zero attached hydrogens (tertiary/aromatic N) is 2. The van der Waals surface area contributed by atoms with Crippen LogP contribution in [0.25, 0.3) is 0 Å². The molecule has 2 unspecified atom stereocenters. The maximum atomic E-state index is 3.46. The molecule has 0 aromatic heterocycles. The van der Waals surface area contributed by atoms with E-state index in [4.69, 9.17) is 0 Å². The second kappa shape index (κ2) is 5.94. The Balaban J connectivity index is 1.54. The van der Waals surface area contributed by atoms with Gasteiger partial charge in [-0.05, 0) is 24.2 Å². The maximum absolute atomic E-state index is 3.46. The predicted octanol–water partition coefficient (Wildman–Crippen LogP) is 2.18. The molecular formula is C17H33N3. The highest BCUT2D eigenvalue weighted by atomic mass is 15.3. The van der Waals surface area contributed by atoms with E-state index < -0.39 is 0 Å². The van der Waals surface area contributed by atoms with E-state index in [2.05, 4.69) is 35.9 Å². The highest BCUT2D eigenvalue weighted by molar-refractivity contribution is 4.98. The Morgan fingerprint density at radius 2 is 1.55 bits per heavy atom.